The first kappa shape index (κ1) is 10.7. The third kappa shape index (κ3) is 1.93. The summed E-state index contributed by atoms with van der Waals surface area (Å²) in [7, 11) is 2.00. The van der Waals surface area contributed by atoms with Crippen molar-refractivity contribution in [1.82, 2.24) is 15.1 Å². The van der Waals surface area contributed by atoms with Crippen LogP contribution in [0.3, 0.4) is 0 Å². The lowest BCUT2D eigenvalue weighted by atomic mass is 10.1. The Morgan fingerprint density at radius 3 is 2.73 bits per heavy atom. The predicted molar refractivity (Wildman–Crippen MR) is 61.9 cm³/mol. The Kier molecular flexibility index (Phi) is 3.10. The predicted octanol–water partition coefficient (Wildman–Crippen LogP) is 2.59. The van der Waals surface area contributed by atoms with Crippen molar-refractivity contribution in [2.24, 2.45) is 0 Å². The highest BCUT2D eigenvalue weighted by Crippen LogP contribution is 2.31. The molecule has 3 nitrogen and oxygen atoms in total. The third-order valence-electron chi connectivity index (χ3n) is 3.65. The van der Waals surface area contributed by atoms with Gasteiger partial charge in [0.05, 0.1) is 12.2 Å². The van der Waals surface area contributed by atoms with Crippen LogP contribution in [0.5, 0.6) is 0 Å². The van der Waals surface area contributed by atoms with Crippen molar-refractivity contribution >= 4 is 0 Å². The van der Waals surface area contributed by atoms with Gasteiger partial charge in [-0.3, -0.25) is 4.68 Å². The molecule has 0 amide bonds. The van der Waals surface area contributed by atoms with Crippen molar-refractivity contribution in [2.45, 2.75) is 51.6 Å². The molecule has 84 valence electrons. The summed E-state index contributed by atoms with van der Waals surface area (Å²) >= 11 is 0. The number of nitrogens with one attached hydrogen (secondary N) is 1. The summed E-state index contributed by atoms with van der Waals surface area (Å²) in [6, 6.07) is 1.06. The summed E-state index contributed by atoms with van der Waals surface area (Å²) in [6.07, 6.45) is 7.35. The van der Waals surface area contributed by atoms with Gasteiger partial charge in [-0.25, -0.2) is 0 Å². The molecular weight excluding hydrogens is 186 g/mol. The molecule has 0 radical (unpaired) electrons. The molecule has 1 saturated carbocycles. The maximum absolute atomic E-state index is 4.54. The standard InChI is InChI=1S/C12H21N3/c1-9(13-3)12-8-14-15(10(12)2)11-6-4-5-7-11/h8-9,11,13H,4-7H2,1-3H3. The summed E-state index contributed by atoms with van der Waals surface area (Å²) in [5.74, 6) is 0. The maximum Gasteiger partial charge on any atom is 0.0540 e. The Balaban J connectivity index is 2.22. The molecule has 3 heteroatoms. The monoisotopic (exact) mass is 207 g/mol. The summed E-state index contributed by atoms with van der Waals surface area (Å²) in [5.41, 5.74) is 2.67. The van der Waals surface area contributed by atoms with E-state index in [4.69, 9.17) is 0 Å². The number of rotatable bonds is 3. The Labute approximate surface area is 91.9 Å². The number of hydrogen-bond donors (Lipinski definition) is 1. The zero-order chi connectivity index (χ0) is 10.8. The molecule has 1 aliphatic carbocycles. The summed E-state index contributed by atoms with van der Waals surface area (Å²) in [6.45, 7) is 4.37. The minimum absolute atomic E-state index is 0.403. The molecule has 2 rings (SSSR count). The van der Waals surface area contributed by atoms with Crippen LogP contribution < -0.4 is 5.32 Å². The van der Waals surface area contributed by atoms with Crippen LogP contribution in [-0.2, 0) is 0 Å². The Morgan fingerprint density at radius 1 is 1.47 bits per heavy atom. The molecule has 1 atom stereocenters. The molecule has 1 aromatic rings. The highest BCUT2D eigenvalue weighted by molar-refractivity contribution is 5.20. The van der Waals surface area contributed by atoms with Crippen LogP contribution in [0, 0.1) is 6.92 Å². The first-order valence-corrected chi connectivity index (χ1v) is 5.95. The molecule has 0 saturated heterocycles. The van der Waals surface area contributed by atoms with Gasteiger partial charge in [0.2, 0.25) is 0 Å². The van der Waals surface area contributed by atoms with Crippen LogP contribution in [0.4, 0.5) is 0 Å². The van der Waals surface area contributed by atoms with E-state index in [2.05, 4.69) is 28.9 Å². The zero-order valence-electron chi connectivity index (χ0n) is 9.95. The molecule has 0 aliphatic heterocycles. The smallest absolute Gasteiger partial charge is 0.0540 e. The van der Waals surface area contributed by atoms with Gasteiger partial charge in [-0.1, -0.05) is 12.8 Å². The van der Waals surface area contributed by atoms with E-state index >= 15 is 0 Å². The van der Waals surface area contributed by atoms with Crippen molar-refractivity contribution in [3.63, 3.8) is 0 Å². The van der Waals surface area contributed by atoms with Crippen molar-refractivity contribution < 1.29 is 0 Å². The fourth-order valence-corrected chi connectivity index (χ4v) is 2.53. The Morgan fingerprint density at radius 2 is 2.13 bits per heavy atom. The molecule has 1 fully saturated rings. The molecular formula is C12H21N3. The second-order valence-corrected chi connectivity index (χ2v) is 4.58. The second-order valence-electron chi connectivity index (χ2n) is 4.58. The van der Waals surface area contributed by atoms with Gasteiger partial charge >= 0.3 is 0 Å². The lowest BCUT2D eigenvalue weighted by molar-refractivity contribution is 0.455. The third-order valence-corrected chi connectivity index (χ3v) is 3.65. The van der Waals surface area contributed by atoms with Crippen LogP contribution >= 0.6 is 0 Å². The molecule has 0 bridgehead atoms. The van der Waals surface area contributed by atoms with E-state index in [9.17, 15) is 0 Å². The summed E-state index contributed by atoms with van der Waals surface area (Å²) in [4.78, 5) is 0. The van der Waals surface area contributed by atoms with Gasteiger partial charge in [0, 0.05) is 17.3 Å². The maximum atomic E-state index is 4.54. The fourth-order valence-electron chi connectivity index (χ4n) is 2.53. The van der Waals surface area contributed by atoms with E-state index < -0.39 is 0 Å². The topological polar surface area (TPSA) is 29.9 Å². The average molecular weight is 207 g/mol. The van der Waals surface area contributed by atoms with Gasteiger partial charge in [0.1, 0.15) is 0 Å². The van der Waals surface area contributed by atoms with Crippen molar-refractivity contribution in [3.05, 3.63) is 17.5 Å². The summed E-state index contributed by atoms with van der Waals surface area (Å²) in [5, 5.41) is 7.82. The Hall–Kier alpha value is -0.830. The van der Waals surface area contributed by atoms with Crippen LogP contribution in [0.25, 0.3) is 0 Å². The van der Waals surface area contributed by atoms with Crippen molar-refractivity contribution in [3.8, 4) is 0 Å². The van der Waals surface area contributed by atoms with Gasteiger partial charge in [-0.15, -0.1) is 0 Å². The number of hydrogen-bond acceptors (Lipinski definition) is 2. The molecule has 0 spiro atoms. The fraction of sp³-hybridized carbons (Fsp3) is 0.750. The molecule has 0 aromatic carbocycles. The molecule has 1 aliphatic rings. The molecule has 1 heterocycles. The van der Waals surface area contributed by atoms with Crippen molar-refractivity contribution in [1.29, 1.82) is 0 Å². The minimum Gasteiger partial charge on any atom is -0.313 e. The lowest BCUT2D eigenvalue weighted by Gasteiger charge is -2.14. The normalized spacial score (nSPS) is 19.7. The average Bonchev–Trinajstić information content (AvgIpc) is 2.85. The summed E-state index contributed by atoms with van der Waals surface area (Å²) < 4.78 is 2.23. The quantitative estimate of drug-likeness (QED) is 0.825. The van der Waals surface area contributed by atoms with E-state index in [1.165, 1.54) is 36.9 Å². The molecule has 1 aromatic heterocycles. The molecule has 15 heavy (non-hydrogen) atoms. The van der Waals surface area contributed by atoms with Gasteiger partial charge in [-0.2, -0.15) is 5.10 Å². The van der Waals surface area contributed by atoms with Crippen LogP contribution in [0.2, 0.25) is 0 Å². The lowest BCUT2D eigenvalue weighted by Crippen LogP contribution is -2.14. The Bertz CT molecular complexity index is 324. The highest BCUT2D eigenvalue weighted by Gasteiger charge is 2.21. The van der Waals surface area contributed by atoms with Gasteiger partial charge in [0.25, 0.3) is 0 Å². The first-order chi connectivity index (χ1) is 7.24. The van der Waals surface area contributed by atoms with E-state index in [1.807, 2.05) is 13.2 Å². The van der Waals surface area contributed by atoms with Crippen LogP contribution in [0.1, 0.15) is 55.9 Å². The van der Waals surface area contributed by atoms with Gasteiger partial charge < -0.3 is 5.32 Å². The zero-order valence-corrected chi connectivity index (χ0v) is 9.95. The molecule has 1 unspecified atom stereocenters. The van der Waals surface area contributed by atoms with E-state index in [1.54, 1.807) is 0 Å². The van der Waals surface area contributed by atoms with Crippen molar-refractivity contribution in [2.75, 3.05) is 7.05 Å². The van der Waals surface area contributed by atoms with E-state index in [0.29, 0.717) is 12.1 Å². The van der Waals surface area contributed by atoms with E-state index in [-0.39, 0.29) is 0 Å². The largest absolute Gasteiger partial charge is 0.313 e. The minimum atomic E-state index is 0.403. The number of nitrogens with zero attached hydrogens (tertiary/aromatic N) is 2. The van der Waals surface area contributed by atoms with E-state index in [0.717, 1.165) is 0 Å². The number of aromatic nitrogens is 2. The second kappa shape index (κ2) is 4.35. The molecule has 1 N–H and O–H groups in total. The first-order valence-electron chi connectivity index (χ1n) is 5.95. The van der Waals surface area contributed by atoms with Gasteiger partial charge in [-0.05, 0) is 33.7 Å². The SMILES string of the molecule is CNC(C)c1cnn(C2CCCC2)c1C. The van der Waals surface area contributed by atoms with Crippen LogP contribution in [0.15, 0.2) is 6.20 Å². The van der Waals surface area contributed by atoms with Gasteiger partial charge in [0.15, 0.2) is 0 Å². The van der Waals surface area contributed by atoms with Crippen LogP contribution in [-0.4, -0.2) is 16.8 Å². The highest BCUT2D eigenvalue weighted by atomic mass is 15.3.